The molecule has 0 N–H and O–H groups in total. The van der Waals surface area contributed by atoms with Gasteiger partial charge in [-0.2, -0.15) is 0 Å². The van der Waals surface area contributed by atoms with Crippen molar-refractivity contribution in [2.75, 3.05) is 13.7 Å². The van der Waals surface area contributed by atoms with Crippen molar-refractivity contribution in [3.05, 3.63) is 70.4 Å². The van der Waals surface area contributed by atoms with Crippen LogP contribution in [-0.2, 0) is 4.84 Å². The molecule has 1 aromatic heterocycles. The minimum absolute atomic E-state index is 0.216. The van der Waals surface area contributed by atoms with Gasteiger partial charge in [0.25, 0.3) is 0 Å². The maximum atomic E-state index is 13.3. The zero-order chi connectivity index (χ0) is 25.1. The Hall–Kier alpha value is -3.33. The quantitative estimate of drug-likeness (QED) is 0.220. The standard InChI is InChI=1S/C27H25F3N2O3S/c1-33-32-24(18-4-5-18)16-34-20-9-6-17(7-10-20)19-8-11-21(25(15-19)35-27(28,29)30)22-12-13-23(31-22)26-3-2-14-36-26/h2-3,6-11,14-15,18,22H,4-5,12-13,16H2,1H3. The second-order valence-corrected chi connectivity index (χ2v) is 9.71. The molecule has 1 atom stereocenters. The Bertz CT molecular complexity index is 1250. The molecule has 2 aromatic carbocycles. The van der Waals surface area contributed by atoms with Crippen molar-refractivity contribution in [2.45, 2.75) is 38.1 Å². The Morgan fingerprint density at radius 1 is 1.06 bits per heavy atom. The molecule has 188 valence electrons. The van der Waals surface area contributed by atoms with E-state index in [0.717, 1.165) is 41.1 Å². The van der Waals surface area contributed by atoms with Gasteiger partial charge in [-0.25, -0.2) is 0 Å². The lowest BCUT2D eigenvalue weighted by molar-refractivity contribution is -0.274. The van der Waals surface area contributed by atoms with E-state index in [4.69, 9.17) is 14.6 Å². The molecule has 9 heteroatoms. The fourth-order valence-electron chi connectivity index (χ4n) is 4.30. The van der Waals surface area contributed by atoms with Crippen LogP contribution < -0.4 is 9.47 Å². The van der Waals surface area contributed by atoms with Gasteiger partial charge in [0.2, 0.25) is 0 Å². The van der Waals surface area contributed by atoms with E-state index in [1.54, 1.807) is 29.5 Å². The number of alkyl halides is 3. The molecule has 0 radical (unpaired) electrons. The summed E-state index contributed by atoms with van der Waals surface area (Å²) in [6.07, 6.45) is -1.26. The summed E-state index contributed by atoms with van der Waals surface area (Å²) in [6, 6.07) is 15.7. The smallest absolute Gasteiger partial charge is 0.488 e. The molecule has 5 nitrogen and oxygen atoms in total. The Balaban J connectivity index is 1.35. The largest absolute Gasteiger partial charge is 0.573 e. The Labute approximate surface area is 211 Å². The van der Waals surface area contributed by atoms with Gasteiger partial charge in [0.15, 0.2) is 0 Å². The third-order valence-corrected chi connectivity index (χ3v) is 7.12. The van der Waals surface area contributed by atoms with Crippen LogP contribution in [0, 0.1) is 5.92 Å². The average molecular weight is 515 g/mol. The summed E-state index contributed by atoms with van der Waals surface area (Å²) >= 11 is 1.58. The van der Waals surface area contributed by atoms with Gasteiger partial charge >= 0.3 is 6.36 Å². The number of halogens is 3. The number of thiophene rings is 1. The third kappa shape index (κ3) is 5.90. The van der Waals surface area contributed by atoms with Crippen LogP contribution in [0.1, 0.15) is 42.2 Å². The number of aliphatic imine (C=N–C) groups is 1. The van der Waals surface area contributed by atoms with E-state index >= 15 is 0 Å². The van der Waals surface area contributed by atoms with E-state index in [1.165, 1.54) is 13.2 Å². The van der Waals surface area contributed by atoms with Gasteiger partial charge in [-0.05, 0) is 66.5 Å². The summed E-state index contributed by atoms with van der Waals surface area (Å²) in [6.45, 7) is 0.339. The average Bonchev–Trinajstić information content (AvgIpc) is 3.33. The molecule has 0 amide bonds. The van der Waals surface area contributed by atoms with E-state index in [9.17, 15) is 13.2 Å². The minimum Gasteiger partial charge on any atom is -0.488 e. The highest BCUT2D eigenvalue weighted by molar-refractivity contribution is 7.12. The maximum Gasteiger partial charge on any atom is 0.573 e. The molecule has 3 aromatic rings. The lowest BCUT2D eigenvalue weighted by Gasteiger charge is -2.17. The number of nitrogens with zero attached hydrogens (tertiary/aromatic N) is 2. The Kier molecular flexibility index (Phi) is 7.00. The highest BCUT2D eigenvalue weighted by Gasteiger charge is 2.34. The van der Waals surface area contributed by atoms with Crippen molar-refractivity contribution in [2.24, 2.45) is 16.1 Å². The zero-order valence-electron chi connectivity index (χ0n) is 19.6. The summed E-state index contributed by atoms with van der Waals surface area (Å²) in [7, 11) is 1.51. The molecule has 1 unspecified atom stereocenters. The number of ether oxygens (including phenoxy) is 2. The molecule has 1 aliphatic heterocycles. The second-order valence-electron chi connectivity index (χ2n) is 8.76. The summed E-state index contributed by atoms with van der Waals surface area (Å²) in [5.74, 6) is 0.847. The van der Waals surface area contributed by atoms with Crippen molar-refractivity contribution < 1.29 is 27.5 Å². The van der Waals surface area contributed by atoms with Crippen LogP contribution in [0.15, 0.2) is 70.1 Å². The lowest BCUT2D eigenvalue weighted by Crippen LogP contribution is -2.18. The van der Waals surface area contributed by atoms with Gasteiger partial charge in [0.1, 0.15) is 25.2 Å². The van der Waals surface area contributed by atoms with Crippen molar-refractivity contribution in [3.63, 3.8) is 0 Å². The van der Waals surface area contributed by atoms with E-state index in [1.807, 2.05) is 35.7 Å². The van der Waals surface area contributed by atoms with Crippen LogP contribution in [0.5, 0.6) is 11.5 Å². The van der Waals surface area contributed by atoms with Crippen molar-refractivity contribution in [1.29, 1.82) is 0 Å². The van der Waals surface area contributed by atoms with Crippen LogP contribution in [0.4, 0.5) is 13.2 Å². The first kappa shape index (κ1) is 24.4. The number of oxime groups is 1. The molecule has 0 spiro atoms. The summed E-state index contributed by atoms with van der Waals surface area (Å²) in [4.78, 5) is 10.7. The monoisotopic (exact) mass is 514 g/mol. The van der Waals surface area contributed by atoms with E-state index in [0.29, 0.717) is 35.8 Å². The molecular weight excluding hydrogens is 489 g/mol. The van der Waals surface area contributed by atoms with Crippen LogP contribution in [0.2, 0.25) is 0 Å². The van der Waals surface area contributed by atoms with Gasteiger partial charge in [-0.3, -0.25) is 4.99 Å². The molecule has 2 aliphatic rings. The van der Waals surface area contributed by atoms with Gasteiger partial charge in [-0.1, -0.05) is 35.5 Å². The first-order valence-electron chi connectivity index (χ1n) is 11.7. The van der Waals surface area contributed by atoms with Crippen molar-refractivity contribution >= 4 is 22.8 Å². The minimum atomic E-state index is -4.80. The predicted octanol–water partition coefficient (Wildman–Crippen LogP) is 7.43. The van der Waals surface area contributed by atoms with Gasteiger partial charge in [-0.15, -0.1) is 24.5 Å². The summed E-state index contributed by atoms with van der Waals surface area (Å²) in [5, 5.41) is 6.01. The van der Waals surface area contributed by atoms with Crippen LogP contribution in [0.25, 0.3) is 11.1 Å². The summed E-state index contributed by atoms with van der Waals surface area (Å²) < 4.78 is 50.1. The first-order chi connectivity index (χ1) is 17.4. The fraction of sp³-hybridized carbons (Fsp3) is 0.333. The van der Waals surface area contributed by atoms with Crippen LogP contribution in [0.3, 0.4) is 0 Å². The van der Waals surface area contributed by atoms with Gasteiger partial charge < -0.3 is 14.3 Å². The molecule has 1 saturated carbocycles. The molecule has 0 saturated heterocycles. The molecule has 0 bridgehead atoms. The molecule has 1 fully saturated rings. The number of hydrogen-bond acceptors (Lipinski definition) is 6. The fourth-order valence-corrected chi connectivity index (χ4v) is 5.05. The van der Waals surface area contributed by atoms with Crippen LogP contribution in [-0.4, -0.2) is 31.5 Å². The van der Waals surface area contributed by atoms with Crippen LogP contribution >= 0.6 is 11.3 Å². The zero-order valence-corrected chi connectivity index (χ0v) is 20.4. The SMILES string of the molecule is CON=C(COc1ccc(-c2ccc(C3CCC(c4cccs4)=N3)c(OC(F)(F)F)c2)cc1)C1CC1. The highest BCUT2D eigenvalue weighted by atomic mass is 32.1. The van der Waals surface area contributed by atoms with Gasteiger partial charge in [0, 0.05) is 16.4 Å². The highest BCUT2D eigenvalue weighted by Crippen LogP contribution is 2.41. The molecular formula is C27H25F3N2O3S. The first-order valence-corrected chi connectivity index (χ1v) is 12.6. The van der Waals surface area contributed by atoms with Crippen molar-refractivity contribution in [3.8, 4) is 22.6 Å². The topological polar surface area (TPSA) is 52.4 Å². The number of benzene rings is 2. The predicted molar refractivity (Wildman–Crippen MR) is 134 cm³/mol. The lowest BCUT2D eigenvalue weighted by atomic mass is 9.98. The van der Waals surface area contributed by atoms with E-state index in [-0.39, 0.29) is 11.8 Å². The molecule has 5 rings (SSSR count). The number of hydrogen-bond donors (Lipinski definition) is 0. The van der Waals surface area contributed by atoms with Crippen molar-refractivity contribution in [1.82, 2.24) is 0 Å². The summed E-state index contributed by atoms with van der Waals surface area (Å²) in [5.41, 5.74) is 3.61. The third-order valence-electron chi connectivity index (χ3n) is 6.20. The Morgan fingerprint density at radius 2 is 1.83 bits per heavy atom. The second kappa shape index (κ2) is 10.3. The number of rotatable bonds is 9. The Morgan fingerprint density at radius 3 is 2.50 bits per heavy atom. The van der Waals surface area contributed by atoms with E-state index < -0.39 is 6.36 Å². The molecule has 36 heavy (non-hydrogen) atoms. The van der Waals surface area contributed by atoms with Gasteiger partial charge in [0.05, 0.1) is 17.5 Å². The molecule has 1 aliphatic carbocycles. The maximum absolute atomic E-state index is 13.3. The normalized spacial score (nSPS) is 18.2. The van der Waals surface area contributed by atoms with E-state index in [2.05, 4.69) is 9.89 Å². The molecule has 2 heterocycles.